The van der Waals surface area contributed by atoms with Crippen LogP contribution in [0.1, 0.15) is 57.1 Å². The normalized spacial score (nSPS) is 20.3. The summed E-state index contributed by atoms with van der Waals surface area (Å²) in [4.78, 5) is 16.6. The summed E-state index contributed by atoms with van der Waals surface area (Å²) in [5.41, 5.74) is 1.01. The first-order valence-electron chi connectivity index (χ1n) is 10.2. The Morgan fingerprint density at radius 2 is 1.85 bits per heavy atom. The topological polar surface area (TPSA) is 66.3 Å². The maximum Gasteiger partial charge on any atom is 0.317 e. The maximum atomic E-state index is 12.5. The largest absolute Gasteiger partial charge is 0.335 e. The van der Waals surface area contributed by atoms with E-state index in [1.165, 1.54) is 25.7 Å². The van der Waals surface area contributed by atoms with Gasteiger partial charge in [0.2, 0.25) is 0 Å². The molecule has 1 N–H and O–H groups in total. The Morgan fingerprint density at radius 3 is 2.50 bits per heavy atom. The number of likely N-dealkylation sites (tertiary alicyclic amines) is 1. The maximum absolute atomic E-state index is 12.5. The third-order valence-corrected chi connectivity index (χ3v) is 5.59. The van der Waals surface area contributed by atoms with Gasteiger partial charge in [0.25, 0.3) is 0 Å². The molecular formula is C19H34N6O. The summed E-state index contributed by atoms with van der Waals surface area (Å²) in [5.74, 6) is 0.575. The monoisotopic (exact) mass is 362 g/mol. The quantitative estimate of drug-likeness (QED) is 0.817. The Kier molecular flexibility index (Phi) is 6.88. The molecule has 7 heteroatoms. The lowest BCUT2D eigenvalue weighted by atomic mass is 9.97. The molecule has 0 spiro atoms. The van der Waals surface area contributed by atoms with Crippen LogP contribution in [0, 0.1) is 5.92 Å². The first kappa shape index (κ1) is 19.1. The van der Waals surface area contributed by atoms with E-state index in [1.54, 1.807) is 0 Å². The number of nitrogens with one attached hydrogen (secondary N) is 1. The third-order valence-electron chi connectivity index (χ3n) is 5.59. The molecule has 1 aliphatic heterocycles. The Hall–Kier alpha value is -1.63. The Balaban J connectivity index is 1.40. The van der Waals surface area contributed by atoms with Gasteiger partial charge >= 0.3 is 6.03 Å². The molecule has 2 aliphatic rings. The molecule has 2 heterocycles. The van der Waals surface area contributed by atoms with Gasteiger partial charge in [-0.25, -0.2) is 4.79 Å². The van der Waals surface area contributed by atoms with E-state index in [0.717, 1.165) is 57.6 Å². The van der Waals surface area contributed by atoms with Crippen LogP contribution in [-0.2, 0) is 13.1 Å². The van der Waals surface area contributed by atoms with Crippen molar-refractivity contribution < 1.29 is 4.79 Å². The van der Waals surface area contributed by atoms with E-state index in [4.69, 9.17) is 0 Å². The molecule has 1 saturated heterocycles. The zero-order valence-corrected chi connectivity index (χ0v) is 16.4. The molecule has 146 valence electrons. The van der Waals surface area contributed by atoms with Crippen molar-refractivity contribution in [3.05, 3.63) is 11.9 Å². The van der Waals surface area contributed by atoms with Crippen molar-refractivity contribution in [1.29, 1.82) is 0 Å². The Morgan fingerprint density at radius 1 is 1.15 bits per heavy atom. The van der Waals surface area contributed by atoms with Crippen molar-refractivity contribution in [1.82, 2.24) is 30.1 Å². The van der Waals surface area contributed by atoms with Crippen molar-refractivity contribution in [2.24, 2.45) is 5.92 Å². The van der Waals surface area contributed by atoms with Gasteiger partial charge in [-0.15, -0.1) is 5.10 Å². The fraction of sp³-hybridized carbons (Fsp3) is 0.842. The van der Waals surface area contributed by atoms with Crippen LogP contribution < -0.4 is 5.32 Å². The van der Waals surface area contributed by atoms with Crippen molar-refractivity contribution in [2.75, 3.05) is 27.2 Å². The van der Waals surface area contributed by atoms with E-state index in [9.17, 15) is 4.79 Å². The highest BCUT2D eigenvalue weighted by atomic mass is 16.2. The number of piperidine rings is 1. The second kappa shape index (κ2) is 9.35. The number of aromatic nitrogens is 3. The first-order valence-corrected chi connectivity index (χ1v) is 10.2. The van der Waals surface area contributed by atoms with Crippen LogP contribution in [0.2, 0.25) is 0 Å². The molecule has 0 unspecified atom stereocenters. The van der Waals surface area contributed by atoms with Crippen molar-refractivity contribution in [2.45, 2.75) is 70.5 Å². The van der Waals surface area contributed by atoms with E-state index < -0.39 is 0 Å². The number of hydrogen-bond donors (Lipinski definition) is 1. The lowest BCUT2D eigenvalue weighted by Crippen LogP contribution is -2.48. The molecule has 7 nitrogen and oxygen atoms in total. The summed E-state index contributed by atoms with van der Waals surface area (Å²) < 4.78 is 1.96. The van der Waals surface area contributed by atoms with Crippen LogP contribution in [0.5, 0.6) is 0 Å². The van der Waals surface area contributed by atoms with Crippen LogP contribution in [0.4, 0.5) is 4.79 Å². The van der Waals surface area contributed by atoms with Crippen LogP contribution >= 0.6 is 0 Å². The van der Waals surface area contributed by atoms with Gasteiger partial charge in [0, 0.05) is 38.4 Å². The van der Waals surface area contributed by atoms with Gasteiger partial charge in [0.1, 0.15) is 0 Å². The van der Waals surface area contributed by atoms with Crippen LogP contribution in [0.15, 0.2) is 6.20 Å². The summed E-state index contributed by atoms with van der Waals surface area (Å²) in [6, 6.07) is 0.525. The van der Waals surface area contributed by atoms with E-state index in [0.29, 0.717) is 12.0 Å². The van der Waals surface area contributed by atoms with E-state index in [1.807, 2.05) is 29.9 Å². The minimum Gasteiger partial charge on any atom is -0.335 e. The van der Waals surface area contributed by atoms with Crippen molar-refractivity contribution in [3.8, 4) is 0 Å². The highest BCUT2D eigenvalue weighted by Gasteiger charge is 2.25. The molecule has 0 atom stereocenters. The fourth-order valence-corrected chi connectivity index (χ4v) is 4.10. The number of hydrogen-bond acceptors (Lipinski definition) is 4. The summed E-state index contributed by atoms with van der Waals surface area (Å²) in [6.07, 6.45) is 11.6. The number of rotatable bonds is 5. The number of urea groups is 1. The van der Waals surface area contributed by atoms with Gasteiger partial charge in [-0.3, -0.25) is 4.68 Å². The van der Waals surface area contributed by atoms with Gasteiger partial charge < -0.3 is 15.1 Å². The number of carbonyl (C=O) groups is 1. The van der Waals surface area contributed by atoms with E-state index >= 15 is 0 Å². The number of nitrogens with zero attached hydrogens (tertiary/aromatic N) is 5. The average molecular weight is 363 g/mol. The lowest BCUT2D eigenvalue weighted by Gasteiger charge is -2.33. The minimum absolute atomic E-state index is 0.143. The predicted molar refractivity (Wildman–Crippen MR) is 102 cm³/mol. The van der Waals surface area contributed by atoms with Crippen molar-refractivity contribution in [3.63, 3.8) is 0 Å². The van der Waals surface area contributed by atoms with Crippen LogP contribution in [-0.4, -0.2) is 64.1 Å². The van der Waals surface area contributed by atoms with Crippen LogP contribution in [0.25, 0.3) is 0 Å². The first-order chi connectivity index (χ1) is 12.6. The second-order valence-corrected chi connectivity index (χ2v) is 8.24. The fourth-order valence-electron chi connectivity index (χ4n) is 4.10. The van der Waals surface area contributed by atoms with E-state index in [2.05, 4.69) is 20.5 Å². The summed E-state index contributed by atoms with van der Waals surface area (Å²) in [5, 5.41) is 11.8. The molecule has 0 aromatic carbocycles. The SMILES string of the molecule is CN(C)Cc1cn(CC2CCN(C(=O)NC3CCCCCC3)CC2)nn1. The molecule has 26 heavy (non-hydrogen) atoms. The molecule has 3 rings (SSSR count). The van der Waals surface area contributed by atoms with Gasteiger partial charge in [0.05, 0.1) is 5.69 Å². The zero-order chi connectivity index (χ0) is 18.4. The molecule has 2 amide bonds. The standard InChI is InChI=1S/C19H34N6O/c1-23(2)14-18-15-25(22-21-18)13-16-9-11-24(12-10-16)19(26)20-17-7-5-3-4-6-8-17/h15-17H,3-14H2,1-2H3,(H,20,26). The van der Waals surface area contributed by atoms with Gasteiger partial charge in [-0.05, 0) is 45.7 Å². The van der Waals surface area contributed by atoms with E-state index in [-0.39, 0.29) is 6.03 Å². The smallest absolute Gasteiger partial charge is 0.317 e. The molecular weight excluding hydrogens is 328 g/mol. The molecule has 1 saturated carbocycles. The second-order valence-electron chi connectivity index (χ2n) is 8.24. The molecule has 1 aromatic rings. The lowest BCUT2D eigenvalue weighted by molar-refractivity contribution is 0.160. The van der Waals surface area contributed by atoms with Gasteiger partial charge in [0.15, 0.2) is 0 Å². The predicted octanol–water partition coefficient (Wildman–Crippen LogP) is 2.48. The highest BCUT2D eigenvalue weighted by molar-refractivity contribution is 5.74. The van der Waals surface area contributed by atoms with Crippen molar-refractivity contribution >= 4 is 6.03 Å². The Labute approximate surface area is 157 Å². The number of carbonyl (C=O) groups excluding carboxylic acids is 1. The molecule has 2 fully saturated rings. The number of amides is 2. The zero-order valence-electron chi connectivity index (χ0n) is 16.4. The highest BCUT2D eigenvalue weighted by Crippen LogP contribution is 2.21. The molecule has 1 aliphatic carbocycles. The molecule has 0 bridgehead atoms. The molecule has 0 radical (unpaired) electrons. The minimum atomic E-state index is 0.143. The van der Waals surface area contributed by atoms with Crippen LogP contribution in [0.3, 0.4) is 0 Å². The summed E-state index contributed by atoms with van der Waals surface area (Å²) in [7, 11) is 4.07. The Bertz CT molecular complexity index is 556. The average Bonchev–Trinajstić information content (AvgIpc) is 2.88. The molecule has 1 aromatic heterocycles. The van der Waals surface area contributed by atoms with Gasteiger partial charge in [-0.1, -0.05) is 30.9 Å². The third kappa shape index (κ3) is 5.69. The summed E-state index contributed by atoms with van der Waals surface area (Å²) >= 11 is 0. The summed E-state index contributed by atoms with van der Waals surface area (Å²) in [6.45, 7) is 3.42. The van der Waals surface area contributed by atoms with Gasteiger partial charge in [-0.2, -0.15) is 0 Å².